The van der Waals surface area contributed by atoms with E-state index < -0.39 is 0 Å². The molecule has 0 saturated heterocycles. The van der Waals surface area contributed by atoms with E-state index in [1.165, 1.54) is 0 Å². The van der Waals surface area contributed by atoms with Gasteiger partial charge in [0.15, 0.2) is 17.5 Å². The molecule has 2 rings (SSSR count). The summed E-state index contributed by atoms with van der Waals surface area (Å²) in [5.74, 6) is 1.72. The maximum Gasteiger partial charge on any atom is 0.188 e. The number of guanidine groups is 1. The lowest BCUT2D eigenvalue weighted by molar-refractivity contribution is 0.171. The Morgan fingerprint density at radius 1 is 1.45 bits per heavy atom. The topological polar surface area (TPSA) is 78.1 Å². The smallest absolute Gasteiger partial charge is 0.188 e. The molecule has 1 heterocycles. The van der Waals surface area contributed by atoms with Gasteiger partial charge in [-0.2, -0.15) is 0 Å². The first-order chi connectivity index (χ1) is 10.6. The van der Waals surface area contributed by atoms with Crippen LogP contribution in [0.5, 0.6) is 11.5 Å². The van der Waals surface area contributed by atoms with Crippen molar-refractivity contribution in [1.29, 1.82) is 0 Å². The minimum Gasteiger partial charge on any atom is -0.486 e. The molecule has 1 aliphatic rings. The Bertz CT molecular complexity index is 537. The number of fused-ring (bicyclic) bond motifs is 1. The summed E-state index contributed by atoms with van der Waals surface area (Å²) >= 11 is 6.20. The molecule has 7 heteroatoms. The number of nitrogens with two attached hydrogens (primary N) is 1. The number of rotatable bonds is 6. The Labute approximate surface area is 135 Å². The molecule has 0 saturated carbocycles. The molecule has 0 radical (unpaired) electrons. The molecule has 0 fully saturated rings. The van der Waals surface area contributed by atoms with Gasteiger partial charge in [0.25, 0.3) is 0 Å². The van der Waals surface area contributed by atoms with Gasteiger partial charge in [0.1, 0.15) is 13.2 Å². The van der Waals surface area contributed by atoms with E-state index in [0.29, 0.717) is 48.8 Å². The molecular weight excluding hydrogens is 306 g/mol. The number of aliphatic imine (C=N–C) groups is 1. The standard InChI is InChI=1S/C15H22ClN3O3/c1-10(9-20-2)19-15(17)18-4-3-11-7-12(16)14-13(8-11)21-5-6-22-14/h7-8,10H,3-6,9H2,1-2H3,(H3,17,18,19). The predicted octanol–water partition coefficient (Wildman–Crippen LogP) is 1.59. The summed E-state index contributed by atoms with van der Waals surface area (Å²) in [5.41, 5.74) is 6.86. The van der Waals surface area contributed by atoms with E-state index in [1.54, 1.807) is 7.11 Å². The average Bonchev–Trinajstić information content (AvgIpc) is 2.47. The Balaban J connectivity index is 1.90. The minimum atomic E-state index is 0.123. The van der Waals surface area contributed by atoms with E-state index in [1.807, 2.05) is 19.1 Å². The number of nitrogens with one attached hydrogen (secondary N) is 1. The van der Waals surface area contributed by atoms with Crippen molar-refractivity contribution >= 4 is 17.6 Å². The third kappa shape index (κ3) is 4.68. The van der Waals surface area contributed by atoms with Gasteiger partial charge in [-0.15, -0.1) is 0 Å². The van der Waals surface area contributed by atoms with Crippen LogP contribution in [-0.2, 0) is 11.2 Å². The zero-order valence-corrected chi connectivity index (χ0v) is 13.7. The first-order valence-corrected chi connectivity index (χ1v) is 7.61. The van der Waals surface area contributed by atoms with Crippen LogP contribution in [0.4, 0.5) is 0 Å². The largest absolute Gasteiger partial charge is 0.486 e. The van der Waals surface area contributed by atoms with Crippen molar-refractivity contribution in [3.63, 3.8) is 0 Å². The number of benzene rings is 1. The van der Waals surface area contributed by atoms with Crippen molar-refractivity contribution in [2.45, 2.75) is 19.4 Å². The van der Waals surface area contributed by atoms with Gasteiger partial charge in [-0.3, -0.25) is 4.99 Å². The van der Waals surface area contributed by atoms with Crippen molar-refractivity contribution in [1.82, 2.24) is 5.32 Å². The number of hydrogen-bond donors (Lipinski definition) is 2. The first kappa shape index (κ1) is 16.7. The maximum atomic E-state index is 6.20. The normalized spacial score (nSPS) is 15.5. The van der Waals surface area contributed by atoms with Crippen molar-refractivity contribution in [3.8, 4) is 11.5 Å². The highest BCUT2D eigenvalue weighted by Crippen LogP contribution is 2.38. The second-order valence-corrected chi connectivity index (χ2v) is 5.53. The molecule has 1 unspecified atom stereocenters. The third-order valence-corrected chi connectivity index (χ3v) is 3.43. The quantitative estimate of drug-likeness (QED) is 0.613. The lowest BCUT2D eigenvalue weighted by atomic mass is 10.1. The fourth-order valence-corrected chi connectivity index (χ4v) is 2.49. The van der Waals surface area contributed by atoms with Gasteiger partial charge < -0.3 is 25.3 Å². The molecule has 0 spiro atoms. The van der Waals surface area contributed by atoms with E-state index >= 15 is 0 Å². The average molecular weight is 328 g/mol. The summed E-state index contributed by atoms with van der Waals surface area (Å²) in [7, 11) is 1.65. The van der Waals surface area contributed by atoms with Gasteiger partial charge in [0.2, 0.25) is 0 Å². The van der Waals surface area contributed by atoms with Gasteiger partial charge in [0, 0.05) is 19.7 Å². The summed E-state index contributed by atoms with van der Waals surface area (Å²) in [4.78, 5) is 4.30. The zero-order valence-electron chi connectivity index (χ0n) is 12.9. The number of halogens is 1. The summed E-state index contributed by atoms with van der Waals surface area (Å²) in [6, 6.07) is 3.94. The van der Waals surface area contributed by atoms with Crippen molar-refractivity contribution in [3.05, 3.63) is 22.7 Å². The molecule has 3 N–H and O–H groups in total. The molecule has 122 valence electrons. The Morgan fingerprint density at radius 3 is 3.00 bits per heavy atom. The van der Waals surface area contributed by atoms with Crippen LogP contribution < -0.4 is 20.5 Å². The highest BCUT2D eigenvalue weighted by Gasteiger charge is 2.16. The maximum absolute atomic E-state index is 6.20. The molecular formula is C15H22ClN3O3. The van der Waals surface area contributed by atoms with Crippen LogP contribution in [0.25, 0.3) is 0 Å². The molecule has 0 bridgehead atoms. The van der Waals surface area contributed by atoms with Crippen LogP contribution in [0.3, 0.4) is 0 Å². The van der Waals surface area contributed by atoms with E-state index in [-0.39, 0.29) is 6.04 Å². The first-order valence-electron chi connectivity index (χ1n) is 7.23. The van der Waals surface area contributed by atoms with Crippen LogP contribution >= 0.6 is 11.6 Å². The van der Waals surface area contributed by atoms with Crippen LogP contribution in [0.1, 0.15) is 12.5 Å². The summed E-state index contributed by atoms with van der Waals surface area (Å²) in [6.45, 7) is 4.19. The molecule has 1 aromatic carbocycles. The Morgan fingerprint density at radius 2 is 2.23 bits per heavy atom. The summed E-state index contributed by atoms with van der Waals surface area (Å²) in [6.07, 6.45) is 0.720. The molecule has 1 atom stereocenters. The van der Waals surface area contributed by atoms with E-state index in [0.717, 1.165) is 12.0 Å². The monoisotopic (exact) mass is 327 g/mol. The fourth-order valence-electron chi connectivity index (χ4n) is 2.20. The highest BCUT2D eigenvalue weighted by atomic mass is 35.5. The Kier molecular flexibility index (Phi) is 6.15. The predicted molar refractivity (Wildman–Crippen MR) is 87.1 cm³/mol. The third-order valence-electron chi connectivity index (χ3n) is 3.15. The molecule has 0 amide bonds. The van der Waals surface area contributed by atoms with Crippen LogP contribution in [0.2, 0.25) is 5.02 Å². The van der Waals surface area contributed by atoms with E-state index in [9.17, 15) is 0 Å². The Hall–Kier alpha value is -1.66. The fraction of sp³-hybridized carbons (Fsp3) is 0.533. The highest BCUT2D eigenvalue weighted by molar-refractivity contribution is 6.32. The number of nitrogens with zero attached hydrogens (tertiary/aromatic N) is 1. The van der Waals surface area contributed by atoms with E-state index in [4.69, 9.17) is 31.5 Å². The van der Waals surface area contributed by atoms with Crippen molar-refractivity contribution in [2.24, 2.45) is 10.7 Å². The number of hydrogen-bond acceptors (Lipinski definition) is 4. The van der Waals surface area contributed by atoms with Crippen molar-refractivity contribution in [2.75, 3.05) is 33.5 Å². The minimum absolute atomic E-state index is 0.123. The lowest BCUT2D eigenvalue weighted by Crippen LogP contribution is -2.40. The zero-order chi connectivity index (χ0) is 15.9. The second kappa shape index (κ2) is 8.10. The number of methoxy groups -OCH3 is 1. The van der Waals surface area contributed by atoms with E-state index in [2.05, 4.69) is 10.3 Å². The molecule has 1 aromatic rings. The molecule has 6 nitrogen and oxygen atoms in total. The molecule has 22 heavy (non-hydrogen) atoms. The van der Waals surface area contributed by atoms with Gasteiger partial charge in [-0.1, -0.05) is 11.6 Å². The summed E-state index contributed by atoms with van der Waals surface area (Å²) in [5, 5.41) is 3.63. The lowest BCUT2D eigenvalue weighted by Gasteiger charge is -2.20. The SMILES string of the molecule is COCC(C)NC(N)=NCCc1cc(Cl)c2c(c1)OCCO2. The molecule has 0 aliphatic carbocycles. The van der Waals surface area contributed by atoms with Gasteiger partial charge >= 0.3 is 0 Å². The van der Waals surface area contributed by atoms with Crippen molar-refractivity contribution < 1.29 is 14.2 Å². The molecule has 0 aromatic heterocycles. The van der Waals surface area contributed by atoms with Crippen LogP contribution in [0, 0.1) is 0 Å². The van der Waals surface area contributed by atoms with Gasteiger partial charge in [0.05, 0.1) is 11.6 Å². The summed E-state index contributed by atoms with van der Waals surface area (Å²) < 4.78 is 16.1. The number of ether oxygens (including phenoxy) is 3. The van der Waals surface area contributed by atoms with Crippen LogP contribution in [0.15, 0.2) is 17.1 Å². The van der Waals surface area contributed by atoms with Crippen LogP contribution in [-0.4, -0.2) is 45.5 Å². The van der Waals surface area contributed by atoms with Gasteiger partial charge in [-0.25, -0.2) is 0 Å². The second-order valence-electron chi connectivity index (χ2n) is 5.12. The molecule has 1 aliphatic heterocycles. The van der Waals surface area contributed by atoms with Gasteiger partial charge in [-0.05, 0) is 31.0 Å².